The first-order valence-corrected chi connectivity index (χ1v) is 4.30. The zero-order chi connectivity index (χ0) is 13.9. The summed E-state index contributed by atoms with van der Waals surface area (Å²) in [6.07, 6.45) is 0. The molecule has 0 heterocycles. The molecule has 0 atom stereocenters. The van der Waals surface area contributed by atoms with Gasteiger partial charge in [0.25, 0.3) is 0 Å². The molecule has 0 aliphatic carbocycles. The van der Waals surface area contributed by atoms with Gasteiger partial charge in [-0.25, -0.2) is 14.4 Å². The van der Waals surface area contributed by atoms with E-state index in [2.05, 4.69) is 4.84 Å². The van der Waals surface area contributed by atoms with Crippen LogP contribution < -0.4 is 0 Å². The Kier molecular flexibility index (Phi) is 3.57. The first kappa shape index (κ1) is 13.1. The molecule has 0 aliphatic rings. The van der Waals surface area contributed by atoms with Gasteiger partial charge >= 0.3 is 23.0 Å². The molecule has 0 fully saturated rings. The highest BCUT2D eigenvalue weighted by molar-refractivity contribution is 6.03. The Morgan fingerprint density at radius 1 is 1.11 bits per heavy atom. The van der Waals surface area contributed by atoms with Crippen LogP contribution in [0.2, 0.25) is 0 Å². The van der Waals surface area contributed by atoms with Crippen molar-refractivity contribution >= 4 is 17.9 Å². The van der Waals surface area contributed by atoms with Gasteiger partial charge in [0, 0.05) is 5.56 Å². The van der Waals surface area contributed by atoms with Crippen LogP contribution in [-0.4, -0.2) is 33.2 Å². The molecule has 94 valence electrons. The fourth-order valence-corrected chi connectivity index (χ4v) is 1.16. The monoisotopic (exact) mass is 255 g/mol. The Morgan fingerprint density at radius 3 is 2.11 bits per heavy atom. The Balaban J connectivity index is 3.23. The third-order valence-electron chi connectivity index (χ3n) is 1.87. The second kappa shape index (κ2) is 4.91. The lowest BCUT2D eigenvalue weighted by Gasteiger charge is -2.03. The predicted octanol–water partition coefficient (Wildman–Crippen LogP) is 0.431. The molecule has 0 bridgehead atoms. The number of nitrogens with zero attached hydrogens (tertiary/aromatic N) is 1. The molecule has 0 saturated carbocycles. The average molecular weight is 255 g/mol. The summed E-state index contributed by atoms with van der Waals surface area (Å²) in [6.45, 7) is 0. The minimum atomic E-state index is -1.58. The molecular formula is C9H5NO8. The molecule has 2 N–H and O–H groups in total. The topological polar surface area (TPSA) is 144 Å². The summed E-state index contributed by atoms with van der Waals surface area (Å²) in [4.78, 5) is 46.1. The lowest BCUT2D eigenvalue weighted by Crippen LogP contribution is -2.14. The Bertz CT molecular complexity index is 549. The molecule has 0 unspecified atom stereocenters. The maximum absolute atomic E-state index is 11.1. The van der Waals surface area contributed by atoms with E-state index in [4.69, 9.17) is 10.2 Å². The van der Waals surface area contributed by atoms with E-state index in [1.165, 1.54) is 0 Å². The van der Waals surface area contributed by atoms with Crippen LogP contribution >= 0.6 is 0 Å². The highest BCUT2D eigenvalue weighted by Gasteiger charge is 2.19. The Hall–Kier alpha value is -2.97. The molecule has 0 aliphatic heterocycles. The first-order chi connectivity index (χ1) is 8.32. The summed E-state index contributed by atoms with van der Waals surface area (Å²) in [5.74, 6) is -4.47. The highest BCUT2D eigenvalue weighted by atomic mass is 17.0. The van der Waals surface area contributed by atoms with E-state index in [1.807, 2.05) is 0 Å². The summed E-state index contributed by atoms with van der Waals surface area (Å²) in [6, 6.07) is 2.46. The summed E-state index contributed by atoms with van der Waals surface area (Å²) < 4.78 is 0. The highest BCUT2D eigenvalue weighted by Crippen LogP contribution is 2.13. The van der Waals surface area contributed by atoms with Gasteiger partial charge in [0.15, 0.2) is 0 Å². The third kappa shape index (κ3) is 2.78. The summed E-state index contributed by atoms with van der Waals surface area (Å²) >= 11 is 0. The maximum Gasteiger partial charge on any atom is 0.336 e. The lowest BCUT2D eigenvalue weighted by atomic mass is 10.0. The van der Waals surface area contributed by atoms with E-state index in [1.54, 1.807) is 0 Å². The van der Waals surface area contributed by atoms with Gasteiger partial charge in [0.1, 0.15) is 0 Å². The van der Waals surface area contributed by atoms with Gasteiger partial charge in [-0.15, -0.1) is 10.1 Å². The molecule has 0 amide bonds. The van der Waals surface area contributed by atoms with Gasteiger partial charge in [-0.3, -0.25) is 4.79 Å². The van der Waals surface area contributed by atoms with Crippen LogP contribution in [0, 0.1) is 10.1 Å². The van der Waals surface area contributed by atoms with Crippen LogP contribution in [0.1, 0.15) is 31.1 Å². The van der Waals surface area contributed by atoms with Crippen LogP contribution in [0.4, 0.5) is 0 Å². The Labute approximate surface area is 98.3 Å². The van der Waals surface area contributed by atoms with E-state index in [-0.39, 0.29) is 0 Å². The number of hydrogen-bond acceptors (Lipinski definition) is 6. The van der Waals surface area contributed by atoms with Crippen molar-refractivity contribution in [3.05, 3.63) is 45.0 Å². The molecule has 1 aromatic rings. The minimum absolute atomic E-state index is 0.436. The van der Waals surface area contributed by atoms with E-state index in [9.17, 15) is 24.5 Å². The van der Waals surface area contributed by atoms with Crippen LogP contribution in [-0.2, 0) is 4.84 Å². The summed E-state index contributed by atoms with van der Waals surface area (Å²) in [5, 5.41) is 26.0. The molecule has 9 heteroatoms. The number of carbonyl (C=O) groups is 3. The standard InChI is InChI=1S/C9H5NO8/c11-7(12)5-2-1-4(3-6(5)8(13)14)9(15)18-10(16)17/h1-3H,(H,11,12)(H,13,14). The van der Waals surface area contributed by atoms with Crippen molar-refractivity contribution in [2.75, 3.05) is 0 Å². The molecule has 0 spiro atoms. The second-order valence-corrected chi connectivity index (χ2v) is 2.97. The zero-order valence-corrected chi connectivity index (χ0v) is 8.52. The summed E-state index contributed by atoms with van der Waals surface area (Å²) in [7, 11) is 0. The van der Waals surface area contributed by atoms with E-state index in [0.29, 0.717) is 6.07 Å². The number of aromatic carboxylic acids is 2. The quantitative estimate of drug-likeness (QED) is 0.582. The van der Waals surface area contributed by atoms with Gasteiger partial charge in [-0.1, -0.05) is 0 Å². The van der Waals surface area contributed by atoms with Gasteiger partial charge in [-0.2, -0.15) is 0 Å². The van der Waals surface area contributed by atoms with Crippen molar-refractivity contribution < 1.29 is 34.5 Å². The molecule has 0 radical (unpaired) electrons. The molecule has 9 nitrogen and oxygen atoms in total. The first-order valence-electron chi connectivity index (χ1n) is 4.30. The molecule has 0 aromatic heterocycles. The van der Waals surface area contributed by atoms with Crippen molar-refractivity contribution in [1.29, 1.82) is 0 Å². The SMILES string of the molecule is O=C(O[N+](=O)[O-])c1ccc(C(=O)O)c(C(=O)O)c1. The van der Waals surface area contributed by atoms with Gasteiger partial charge in [0.2, 0.25) is 0 Å². The van der Waals surface area contributed by atoms with Gasteiger partial charge in [-0.05, 0) is 18.2 Å². The van der Waals surface area contributed by atoms with Crippen molar-refractivity contribution in [3.8, 4) is 0 Å². The smallest absolute Gasteiger partial charge is 0.336 e. The second-order valence-electron chi connectivity index (χ2n) is 2.97. The maximum atomic E-state index is 11.1. The van der Waals surface area contributed by atoms with Crippen LogP contribution in [0.25, 0.3) is 0 Å². The average Bonchev–Trinajstić information content (AvgIpc) is 2.26. The van der Waals surface area contributed by atoms with E-state index >= 15 is 0 Å². The van der Waals surface area contributed by atoms with Crippen molar-refractivity contribution in [1.82, 2.24) is 0 Å². The molecule has 1 aromatic carbocycles. The summed E-state index contributed by atoms with van der Waals surface area (Å²) in [5.41, 5.74) is -1.64. The number of carboxylic acids is 2. The van der Waals surface area contributed by atoms with Crippen molar-refractivity contribution in [3.63, 3.8) is 0 Å². The molecule has 18 heavy (non-hydrogen) atoms. The van der Waals surface area contributed by atoms with E-state index in [0.717, 1.165) is 12.1 Å². The zero-order valence-electron chi connectivity index (χ0n) is 8.52. The minimum Gasteiger partial charge on any atom is -0.478 e. The van der Waals surface area contributed by atoms with Crippen LogP contribution in [0.5, 0.6) is 0 Å². The number of benzene rings is 1. The Morgan fingerprint density at radius 2 is 1.67 bits per heavy atom. The van der Waals surface area contributed by atoms with Gasteiger partial charge < -0.3 is 10.2 Å². The predicted molar refractivity (Wildman–Crippen MR) is 52.8 cm³/mol. The number of hydrogen-bond donors (Lipinski definition) is 2. The number of carboxylic acid groups (broad SMARTS) is 2. The number of rotatable bonds is 4. The van der Waals surface area contributed by atoms with Crippen LogP contribution in [0.15, 0.2) is 18.2 Å². The molecular weight excluding hydrogens is 250 g/mol. The molecule has 1 rings (SSSR count). The van der Waals surface area contributed by atoms with Crippen molar-refractivity contribution in [2.45, 2.75) is 0 Å². The number of carbonyl (C=O) groups excluding carboxylic acids is 1. The van der Waals surface area contributed by atoms with Crippen LogP contribution in [0.3, 0.4) is 0 Å². The van der Waals surface area contributed by atoms with E-state index < -0.39 is 39.7 Å². The lowest BCUT2D eigenvalue weighted by molar-refractivity contribution is -0.727. The largest absolute Gasteiger partial charge is 0.478 e. The fourth-order valence-electron chi connectivity index (χ4n) is 1.16. The normalized spacial score (nSPS) is 9.56. The molecule has 0 saturated heterocycles. The van der Waals surface area contributed by atoms with Crippen molar-refractivity contribution in [2.24, 2.45) is 0 Å². The fraction of sp³-hybridized carbons (Fsp3) is 0. The van der Waals surface area contributed by atoms with Gasteiger partial charge in [0.05, 0.1) is 11.1 Å². The third-order valence-corrected chi connectivity index (χ3v) is 1.87.